The molecular weight excluding hydrogens is 372 g/mol. The van der Waals surface area contributed by atoms with Gasteiger partial charge in [-0.25, -0.2) is 4.98 Å². The van der Waals surface area contributed by atoms with Crippen LogP contribution in [-0.2, 0) is 11.8 Å². The largest absolute Gasteiger partial charge is 0.301 e. The maximum Gasteiger partial charge on any atom is 0.262 e. The molecule has 3 heterocycles. The van der Waals surface area contributed by atoms with Gasteiger partial charge in [0.1, 0.15) is 0 Å². The van der Waals surface area contributed by atoms with Gasteiger partial charge < -0.3 is 5.32 Å². The number of aryl methyl sites for hydroxylation is 2. The Kier molecular flexibility index (Phi) is 4.21. The second-order valence-corrected chi connectivity index (χ2v) is 7.79. The molecule has 0 fully saturated rings. The van der Waals surface area contributed by atoms with Gasteiger partial charge in [0, 0.05) is 18.1 Å². The molecule has 1 N–H and O–H groups in total. The molecule has 0 aliphatic rings. The summed E-state index contributed by atoms with van der Waals surface area (Å²) in [6, 6.07) is 7.28. The summed E-state index contributed by atoms with van der Waals surface area (Å²) in [6.07, 6.45) is 1.71. The van der Waals surface area contributed by atoms with Crippen molar-refractivity contribution in [3.8, 4) is 0 Å². The molecule has 0 aliphatic heterocycles. The molecule has 8 nitrogen and oxygen atoms in total. The van der Waals surface area contributed by atoms with E-state index in [4.69, 9.17) is 0 Å². The number of para-hydroxylation sites is 1. The number of rotatable bonds is 4. The highest BCUT2D eigenvalue weighted by Crippen LogP contribution is 2.22. The van der Waals surface area contributed by atoms with Crippen molar-refractivity contribution in [1.82, 2.24) is 24.1 Å². The molecule has 26 heavy (non-hydrogen) atoms. The first-order valence-electron chi connectivity index (χ1n) is 7.72. The maximum absolute atomic E-state index is 12.4. The minimum Gasteiger partial charge on any atom is -0.301 e. The summed E-state index contributed by atoms with van der Waals surface area (Å²) in [7, 11) is 1.66. The van der Waals surface area contributed by atoms with Gasteiger partial charge in [-0.2, -0.15) is 0 Å². The highest BCUT2D eigenvalue weighted by Gasteiger charge is 2.16. The molecule has 0 aliphatic carbocycles. The van der Waals surface area contributed by atoms with Crippen LogP contribution in [0.1, 0.15) is 4.88 Å². The highest BCUT2D eigenvalue weighted by atomic mass is 32.2. The molecule has 0 spiro atoms. The van der Waals surface area contributed by atoms with Gasteiger partial charge in [0.15, 0.2) is 10.3 Å². The van der Waals surface area contributed by atoms with Crippen molar-refractivity contribution in [3.63, 3.8) is 0 Å². The van der Waals surface area contributed by atoms with E-state index >= 15 is 0 Å². The summed E-state index contributed by atoms with van der Waals surface area (Å²) in [5.41, 5.74) is 0.586. The van der Waals surface area contributed by atoms with Crippen LogP contribution in [0.15, 0.2) is 40.4 Å². The van der Waals surface area contributed by atoms with Gasteiger partial charge in [-0.3, -0.25) is 18.6 Å². The lowest BCUT2D eigenvalue weighted by Gasteiger charge is -2.07. The maximum atomic E-state index is 12.4. The van der Waals surface area contributed by atoms with Crippen molar-refractivity contribution in [2.24, 2.45) is 7.05 Å². The van der Waals surface area contributed by atoms with E-state index < -0.39 is 0 Å². The van der Waals surface area contributed by atoms with Crippen LogP contribution in [0, 0.1) is 6.92 Å². The topological polar surface area (TPSA) is 94.2 Å². The van der Waals surface area contributed by atoms with Gasteiger partial charge in [0.25, 0.3) is 5.56 Å². The van der Waals surface area contributed by atoms with E-state index in [1.54, 1.807) is 23.7 Å². The summed E-state index contributed by atoms with van der Waals surface area (Å²) in [6.45, 7) is 1.93. The number of benzene rings is 1. The van der Waals surface area contributed by atoms with Gasteiger partial charge in [0.05, 0.1) is 16.7 Å². The second-order valence-electron chi connectivity index (χ2n) is 5.61. The predicted molar refractivity (Wildman–Crippen MR) is 102 cm³/mol. The van der Waals surface area contributed by atoms with Gasteiger partial charge in [-0.05, 0) is 19.1 Å². The molecule has 4 rings (SSSR count). The molecule has 4 aromatic rings. The standard InChI is InChI=1S/C16H14N6O2S2/c1-9-7-17-14(26-9)18-12(23)8-25-16-20-19-15-21(2)13(24)10-5-3-4-6-11(10)22(15)16/h3-7H,8H2,1-2H3,(H,17,18,23). The molecule has 132 valence electrons. The fraction of sp³-hybridized carbons (Fsp3) is 0.188. The Morgan fingerprint density at radius 1 is 1.31 bits per heavy atom. The molecule has 0 unspecified atom stereocenters. The third-order valence-corrected chi connectivity index (χ3v) is 5.55. The van der Waals surface area contributed by atoms with Gasteiger partial charge in [-0.15, -0.1) is 21.5 Å². The van der Waals surface area contributed by atoms with Crippen molar-refractivity contribution in [1.29, 1.82) is 0 Å². The number of amides is 1. The van der Waals surface area contributed by atoms with Crippen molar-refractivity contribution in [2.75, 3.05) is 11.1 Å². The lowest BCUT2D eigenvalue weighted by Crippen LogP contribution is -2.20. The minimum absolute atomic E-state index is 0.131. The SMILES string of the molecule is Cc1cnc(NC(=O)CSc2nnc3n(C)c(=O)c4ccccc4n23)s1. The van der Waals surface area contributed by atoms with E-state index in [1.807, 2.05) is 25.1 Å². The smallest absolute Gasteiger partial charge is 0.262 e. The van der Waals surface area contributed by atoms with Crippen LogP contribution in [-0.4, -0.2) is 35.8 Å². The van der Waals surface area contributed by atoms with E-state index in [2.05, 4.69) is 20.5 Å². The van der Waals surface area contributed by atoms with Crippen LogP contribution in [0.2, 0.25) is 0 Å². The van der Waals surface area contributed by atoms with E-state index in [1.165, 1.54) is 27.7 Å². The Hall–Kier alpha value is -2.72. The van der Waals surface area contributed by atoms with Crippen molar-refractivity contribution >= 4 is 50.8 Å². The van der Waals surface area contributed by atoms with E-state index in [9.17, 15) is 9.59 Å². The van der Waals surface area contributed by atoms with Crippen LogP contribution in [0.25, 0.3) is 16.7 Å². The normalized spacial score (nSPS) is 11.3. The number of anilines is 1. The van der Waals surface area contributed by atoms with E-state index in [-0.39, 0.29) is 17.2 Å². The van der Waals surface area contributed by atoms with Crippen LogP contribution in [0.4, 0.5) is 5.13 Å². The van der Waals surface area contributed by atoms with Gasteiger partial charge in [-0.1, -0.05) is 23.9 Å². The molecule has 3 aromatic heterocycles. The molecular formula is C16H14N6O2S2. The average Bonchev–Trinajstić information content (AvgIpc) is 3.24. The molecule has 0 atom stereocenters. The zero-order valence-corrected chi connectivity index (χ0v) is 15.6. The Labute approximate surface area is 155 Å². The Bertz CT molecular complexity index is 1190. The Morgan fingerprint density at radius 3 is 2.88 bits per heavy atom. The zero-order valence-electron chi connectivity index (χ0n) is 14.0. The summed E-state index contributed by atoms with van der Waals surface area (Å²) < 4.78 is 3.25. The molecule has 0 saturated carbocycles. The Morgan fingerprint density at radius 2 is 2.12 bits per heavy atom. The molecule has 1 amide bonds. The first kappa shape index (κ1) is 16.7. The van der Waals surface area contributed by atoms with Crippen molar-refractivity contribution in [3.05, 3.63) is 45.7 Å². The van der Waals surface area contributed by atoms with Crippen molar-refractivity contribution < 1.29 is 4.79 Å². The highest BCUT2D eigenvalue weighted by molar-refractivity contribution is 7.99. The average molecular weight is 386 g/mol. The summed E-state index contributed by atoms with van der Waals surface area (Å²) >= 11 is 2.68. The van der Waals surface area contributed by atoms with E-state index in [0.29, 0.717) is 27.0 Å². The first-order chi connectivity index (χ1) is 12.5. The number of carbonyl (C=O) groups excluding carboxylic acids is 1. The van der Waals surface area contributed by atoms with Crippen molar-refractivity contribution in [2.45, 2.75) is 12.1 Å². The number of nitrogens with zero attached hydrogens (tertiary/aromatic N) is 5. The lowest BCUT2D eigenvalue weighted by atomic mass is 10.2. The van der Waals surface area contributed by atoms with Crippen LogP contribution in [0.3, 0.4) is 0 Å². The zero-order chi connectivity index (χ0) is 18.3. The first-order valence-corrected chi connectivity index (χ1v) is 9.53. The number of thiazole rings is 1. The molecule has 10 heteroatoms. The number of nitrogens with one attached hydrogen (secondary N) is 1. The van der Waals surface area contributed by atoms with E-state index in [0.717, 1.165) is 4.88 Å². The summed E-state index contributed by atoms with van der Waals surface area (Å²) in [5.74, 6) is 0.429. The second kappa shape index (κ2) is 6.54. The monoisotopic (exact) mass is 386 g/mol. The molecule has 0 radical (unpaired) electrons. The molecule has 1 aromatic carbocycles. The number of hydrogen-bond acceptors (Lipinski definition) is 7. The van der Waals surface area contributed by atoms with Gasteiger partial charge in [0.2, 0.25) is 11.7 Å². The number of thioether (sulfide) groups is 1. The van der Waals surface area contributed by atoms with Crippen LogP contribution in [0.5, 0.6) is 0 Å². The predicted octanol–water partition coefficient (Wildman–Crippen LogP) is 2.08. The Balaban J connectivity index is 1.65. The fourth-order valence-electron chi connectivity index (χ4n) is 2.60. The third kappa shape index (κ3) is 2.86. The third-order valence-electron chi connectivity index (χ3n) is 3.80. The number of hydrogen-bond donors (Lipinski definition) is 1. The van der Waals surface area contributed by atoms with Crippen LogP contribution >= 0.6 is 23.1 Å². The fourth-order valence-corrected chi connectivity index (χ4v) is 4.02. The minimum atomic E-state index is -0.171. The quantitative estimate of drug-likeness (QED) is 0.540. The summed E-state index contributed by atoms with van der Waals surface area (Å²) in [5, 5.41) is 12.7. The molecule has 0 saturated heterocycles. The summed E-state index contributed by atoms with van der Waals surface area (Å²) in [4.78, 5) is 29.7. The molecule has 0 bridgehead atoms. The number of carbonyl (C=O) groups is 1. The lowest BCUT2D eigenvalue weighted by molar-refractivity contribution is -0.113. The van der Waals surface area contributed by atoms with Crippen LogP contribution < -0.4 is 10.9 Å². The number of aromatic nitrogens is 5. The number of fused-ring (bicyclic) bond motifs is 3. The van der Waals surface area contributed by atoms with Gasteiger partial charge >= 0.3 is 0 Å².